The summed E-state index contributed by atoms with van der Waals surface area (Å²) in [7, 11) is 2.13. The molecule has 0 aromatic heterocycles. The molecule has 2 aromatic carbocycles. The van der Waals surface area contributed by atoms with Gasteiger partial charge in [-0.15, -0.1) is 0 Å². The second kappa shape index (κ2) is 13.0. The standard InChI is InChI=1S/C29H38ClN7O/c1-35-16-18-36(19-17-35)15-12-34-28(33)24(25(30)27(32)21-8-3-2-4-9-21)26(31)22-10-7-11-23(20-22)29(38)37-13-5-6-14-37/h2-4,7-11,20,31,34H,5-6,12-19,32-33H2,1H3/b27-25+,28-24-,31-26?. The number of likely N-dealkylation sites (N-methyl/N-ethyl adjacent to an activating group) is 1. The second-order valence-corrected chi connectivity index (χ2v) is 10.3. The molecule has 9 heteroatoms. The van der Waals surface area contributed by atoms with Gasteiger partial charge in [-0.2, -0.15) is 0 Å². The molecule has 2 fully saturated rings. The zero-order chi connectivity index (χ0) is 27.1. The second-order valence-electron chi connectivity index (χ2n) is 9.91. The summed E-state index contributed by atoms with van der Waals surface area (Å²) < 4.78 is 0. The highest BCUT2D eigenvalue weighted by molar-refractivity contribution is 6.40. The zero-order valence-electron chi connectivity index (χ0n) is 22.0. The Balaban J connectivity index is 1.61. The Kier molecular flexibility index (Phi) is 9.44. The van der Waals surface area contributed by atoms with Gasteiger partial charge in [-0.1, -0.05) is 54.1 Å². The molecule has 0 saturated carbocycles. The summed E-state index contributed by atoms with van der Waals surface area (Å²) >= 11 is 6.87. The fourth-order valence-corrected chi connectivity index (χ4v) is 5.11. The minimum Gasteiger partial charge on any atom is -0.397 e. The number of amides is 1. The Morgan fingerprint density at radius 2 is 1.55 bits per heavy atom. The van der Waals surface area contributed by atoms with E-state index in [-0.39, 0.29) is 22.5 Å². The Hall–Kier alpha value is -3.33. The molecule has 202 valence electrons. The van der Waals surface area contributed by atoms with Crippen molar-refractivity contribution in [2.45, 2.75) is 12.8 Å². The molecule has 2 aliphatic heterocycles. The fourth-order valence-electron chi connectivity index (χ4n) is 4.81. The van der Waals surface area contributed by atoms with E-state index < -0.39 is 0 Å². The van der Waals surface area contributed by atoms with E-state index in [4.69, 9.17) is 28.5 Å². The molecule has 2 heterocycles. The minimum atomic E-state index is -0.0219. The van der Waals surface area contributed by atoms with Gasteiger partial charge >= 0.3 is 0 Å². The summed E-state index contributed by atoms with van der Waals surface area (Å²) in [6.07, 6.45) is 2.03. The van der Waals surface area contributed by atoms with Gasteiger partial charge in [0.05, 0.1) is 22.0 Å². The number of benzene rings is 2. The molecule has 0 bridgehead atoms. The first-order valence-corrected chi connectivity index (χ1v) is 13.6. The maximum Gasteiger partial charge on any atom is 0.253 e. The molecule has 2 saturated heterocycles. The van der Waals surface area contributed by atoms with Gasteiger partial charge in [-0.3, -0.25) is 15.1 Å². The van der Waals surface area contributed by atoms with E-state index in [2.05, 4.69) is 22.2 Å². The number of nitrogens with zero attached hydrogens (tertiary/aromatic N) is 3. The van der Waals surface area contributed by atoms with Crippen molar-refractivity contribution in [3.8, 4) is 0 Å². The lowest BCUT2D eigenvalue weighted by Gasteiger charge is -2.32. The van der Waals surface area contributed by atoms with Crippen LogP contribution in [0.3, 0.4) is 0 Å². The van der Waals surface area contributed by atoms with Crippen LogP contribution in [-0.4, -0.2) is 85.7 Å². The number of hydrogen-bond donors (Lipinski definition) is 4. The molecular weight excluding hydrogens is 498 g/mol. The van der Waals surface area contributed by atoms with E-state index in [0.717, 1.165) is 64.2 Å². The molecule has 8 nitrogen and oxygen atoms in total. The number of nitrogens with two attached hydrogens (primary N) is 2. The van der Waals surface area contributed by atoms with Crippen LogP contribution in [0.5, 0.6) is 0 Å². The third-order valence-electron chi connectivity index (χ3n) is 7.19. The van der Waals surface area contributed by atoms with Crippen LogP contribution in [0.25, 0.3) is 5.70 Å². The van der Waals surface area contributed by atoms with Crippen molar-refractivity contribution >= 4 is 28.9 Å². The van der Waals surface area contributed by atoms with Gasteiger partial charge in [0.25, 0.3) is 5.91 Å². The molecule has 0 unspecified atom stereocenters. The predicted octanol–water partition coefficient (Wildman–Crippen LogP) is 2.86. The molecule has 0 spiro atoms. The number of halogens is 1. The Labute approximate surface area is 230 Å². The molecule has 2 aromatic rings. The first-order valence-electron chi connectivity index (χ1n) is 13.2. The Morgan fingerprint density at radius 1 is 0.921 bits per heavy atom. The van der Waals surface area contributed by atoms with Crippen LogP contribution in [0.1, 0.15) is 34.3 Å². The van der Waals surface area contributed by atoms with E-state index >= 15 is 0 Å². The Bertz CT molecular complexity index is 1200. The van der Waals surface area contributed by atoms with Gasteiger partial charge < -0.3 is 26.6 Å². The fraction of sp³-hybridized carbons (Fsp3) is 0.379. The first-order chi connectivity index (χ1) is 18.3. The van der Waals surface area contributed by atoms with Crippen LogP contribution in [0.4, 0.5) is 0 Å². The molecule has 6 N–H and O–H groups in total. The third kappa shape index (κ3) is 6.75. The van der Waals surface area contributed by atoms with Crippen molar-refractivity contribution in [2.24, 2.45) is 11.5 Å². The lowest BCUT2D eigenvalue weighted by Crippen LogP contribution is -2.46. The molecule has 0 atom stereocenters. The lowest BCUT2D eigenvalue weighted by atomic mass is 9.97. The molecule has 1 amide bonds. The van der Waals surface area contributed by atoms with Gasteiger partial charge in [0.2, 0.25) is 0 Å². The Morgan fingerprint density at radius 3 is 2.24 bits per heavy atom. The molecule has 4 rings (SSSR count). The van der Waals surface area contributed by atoms with Crippen molar-refractivity contribution in [3.05, 3.63) is 87.7 Å². The number of hydrogen-bond acceptors (Lipinski definition) is 7. The number of rotatable bonds is 9. The van der Waals surface area contributed by atoms with Crippen LogP contribution >= 0.6 is 11.6 Å². The molecule has 0 radical (unpaired) electrons. The maximum absolute atomic E-state index is 13.0. The van der Waals surface area contributed by atoms with Gasteiger partial charge in [0.15, 0.2) is 0 Å². The summed E-state index contributed by atoms with van der Waals surface area (Å²) in [4.78, 5) is 19.6. The molecule has 0 aliphatic carbocycles. The number of piperazine rings is 1. The molecule has 2 aliphatic rings. The highest BCUT2D eigenvalue weighted by Crippen LogP contribution is 2.28. The van der Waals surface area contributed by atoms with Crippen LogP contribution in [0.2, 0.25) is 0 Å². The number of likely N-dealkylation sites (tertiary alicyclic amines) is 1. The van der Waals surface area contributed by atoms with Gasteiger partial charge in [-0.25, -0.2) is 0 Å². The number of nitrogens with one attached hydrogen (secondary N) is 2. The number of allylic oxidation sites excluding steroid dienone is 2. The van der Waals surface area contributed by atoms with Crippen LogP contribution < -0.4 is 16.8 Å². The smallest absolute Gasteiger partial charge is 0.253 e. The van der Waals surface area contributed by atoms with Crippen molar-refractivity contribution in [2.75, 3.05) is 59.4 Å². The SMILES string of the molecule is CN1CCN(CCN/C(N)=C(C(=N)c2cccc(C(=O)N3CCCC3)c2)/C(Cl)=C(\N)c2ccccc2)CC1. The lowest BCUT2D eigenvalue weighted by molar-refractivity contribution is 0.0793. The summed E-state index contributed by atoms with van der Waals surface area (Å²) in [5, 5.41) is 12.6. The topological polar surface area (TPSA) is 115 Å². The van der Waals surface area contributed by atoms with E-state index in [1.807, 2.05) is 35.2 Å². The predicted molar refractivity (Wildman–Crippen MR) is 155 cm³/mol. The summed E-state index contributed by atoms with van der Waals surface area (Å²) in [5.74, 6) is 0.260. The summed E-state index contributed by atoms with van der Waals surface area (Å²) in [6.45, 7) is 7.04. The van der Waals surface area contributed by atoms with E-state index in [9.17, 15) is 4.79 Å². The number of carbonyl (C=O) groups is 1. The number of carbonyl (C=O) groups excluding carboxylic acids is 1. The average molecular weight is 536 g/mol. The normalized spacial score (nSPS) is 18.1. The molecular formula is C29H38ClN7O. The molecule has 38 heavy (non-hydrogen) atoms. The van der Waals surface area contributed by atoms with Gasteiger partial charge in [-0.05, 0) is 37.6 Å². The van der Waals surface area contributed by atoms with E-state index in [1.54, 1.807) is 24.3 Å². The van der Waals surface area contributed by atoms with Crippen molar-refractivity contribution in [3.63, 3.8) is 0 Å². The summed E-state index contributed by atoms with van der Waals surface area (Å²) in [5.41, 5.74) is 15.6. The average Bonchev–Trinajstić information content (AvgIpc) is 3.49. The zero-order valence-corrected chi connectivity index (χ0v) is 22.8. The maximum atomic E-state index is 13.0. The quantitative estimate of drug-likeness (QED) is 0.290. The third-order valence-corrected chi connectivity index (χ3v) is 7.58. The highest BCUT2D eigenvalue weighted by Gasteiger charge is 2.23. The first kappa shape index (κ1) is 27.7. The van der Waals surface area contributed by atoms with E-state index in [1.165, 1.54) is 0 Å². The van der Waals surface area contributed by atoms with Crippen molar-refractivity contribution < 1.29 is 4.79 Å². The van der Waals surface area contributed by atoms with Crippen LogP contribution in [0.15, 0.2) is 71.0 Å². The van der Waals surface area contributed by atoms with E-state index in [0.29, 0.717) is 28.9 Å². The van der Waals surface area contributed by atoms with Crippen molar-refractivity contribution in [1.82, 2.24) is 20.0 Å². The largest absolute Gasteiger partial charge is 0.397 e. The van der Waals surface area contributed by atoms with Crippen LogP contribution in [-0.2, 0) is 0 Å². The highest BCUT2D eigenvalue weighted by atomic mass is 35.5. The van der Waals surface area contributed by atoms with Crippen molar-refractivity contribution in [1.29, 1.82) is 5.41 Å². The van der Waals surface area contributed by atoms with Crippen LogP contribution in [0, 0.1) is 5.41 Å². The monoisotopic (exact) mass is 535 g/mol. The van der Waals surface area contributed by atoms with Gasteiger partial charge in [0.1, 0.15) is 5.82 Å². The van der Waals surface area contributed by atoms with Gasteiger partial charge in [0, 0.05) is 63.5 Å². The summed E-state index contributed by atoms with van der Waals surface area (Å²) in [6, 6.07) is 16.5. The minimum absolute atomic E-state index is 0.0219.